The Labute approximate surface area is 226 Å². The number of hydrogen-bond donors (Lipinski definition) is 3. The van der Waals surface area contributed by atoms with E-state index in [2.05, 4.69) is 24.5 Å². The molecular formula is C27H46N2O5S2. The molecule has 3 N–H and O–H groups in total. The second-order valence-electron chi connectivity index (χ2n) is 8.65. The third-order valence-electron chi connectivity index (χ3n) is 5.71. The summed E-state index contributed by atoms with van der Waals surface area (Å²) in [5.74, 6) is 3.77. The molecule has 1 aromatic carbocycles. The first kappa shape index (κ1) is 32.4. The van der Waals surface area contributed by atoms with E-state index >= 15 is 0 Å². The van der Waals surface area contributed by atoms with Crippen LogP contribution in [0.25, 0.3) is 0 Å². The zero-order valence-electron chi connectivity index (χ0n) is 22.5. The number of methoxy groups -OCH3 is 2. The topological polar surface area (TPSA) is 96.9 Å². The van der Waals surface area contributed by atoms with E-state index in [0.29, 0.717) is 30.2 Å². The number of aliphatic hydroxyl groups is 1. The number of benzene rings is 1. The van der Waals surface area contributed by atoms with Gasteiger partial charge in [0.15, 0.2) is 11.5 Å². The molecule has 0 saturated heterocycles. The van der Waals surface area contributed by atoms with Gasteiger partial charge in [0.1, 0.15) is 0 Å². The smallest absolute Gasteiger partial charge is 0.226 e. The van der Waals surface area contributed by atoms with Gasteiger partial charge in [0.2, 0.25) is 11.8 Å². The van der Waals surface area contributed by atoms with Gasteiger partial charge in [-0.2, -0.15) is 23.5 Å². The van der Waals surface area contributed by atoms with Gasteiger partial charge in [-0.1, -0.05) is 32.8 Å². The molecular weight excluding hydrogens is 496 g/mol. The summed E-state index contributed by atoms with van der Waals surface area (Å²) >= 11 is 3.78. The van der Waals surface area contributed by atoms with Crippen molar-refractivity contribution in [1.29, 1.82) is 0 Å². The van der Waals surface area contributed by atoms with Crippen molar-refractivity contribution in [3.05, 3.63) is 23.8 Å². The fraction of sp³-hybridized carbons (Fsp3) is 0.704. The molecule has 0 heterocycles. The zero-order chi connectivity index (χ0) is 26.6. The summed E-state index contributed by atoms with van der Waals surface area (Å²) in [4.78, 5) is 25.7. The molecule has 0 aliphatic rings. The molecule has 36 heavy (non-hydrogen) atoms. The summed E-state index contributed by atoms with van der Waals surface area (Å²) in [7, 11) is 3.06. The molecule has 206 valence electrons. The highest BCUT2D eigenvalue weighted by Gasteiger charge is 2.31. The minimum absolute atomic E-state index is 0.0877. The first-order chi connectivity index (χ1) is 17.5. The van der Waals surface area contributed by atoms with Gasteiger partial charge in [-0.3, -0.25) is 9.59 Å². The molecule has 0 aliphatic heterocycles. The maximum absolute atomic E-state index is 13.1. The maximum Gasteiger partial charge on any atom is 0.226 e. The van der Waals surface area contributed by atoms with Crippen molar-refractivity contribution in [3.8, 4) is 11.5 Å². The predicted octanol–water partition coefficient (Wildman–Crippen LogP) is 4.82. The first-order valence-electron chi connectivity index (χ1n) is 13.1. The van der Waals surface area contributed by atoms with E-state index in [1.165, 1.54) is 39.9 Å². The second kappa shape index (κ2) is 20.5. The van der Waals surface area contributed by atoms with Gasteiger partial charge in [0.25, 0.3) is 0 Å². The van der Waals surface area contributed by atoms with E-state index in [0.717, 1.165) is 35.9 Å². The highest BCUT2D eigenvalue weighted by Crippen LogP contribution is 2.33. The van der Waals surface area contributed by atoms with Crippen LogP contribution in [-0.2, 0) is 9.59 Å². The van der Waals surface area contributed by atoms with E-state index in [-0.39, 0.29) is 18.2 Å². The average Bonchev–Trinajstić information content (AvgIpc) is 2.89. The van der Waals surface area contributed by atoms with Crippen LogP contribution in [0.15, 0.2) is 18.2 Å². The van der Waals surface area contributed by atoms with Crippen molar-refractivity contribution in [1.82, 2.24) is 10.6 Å². The van der Waals surface area contributed by atoms with Crippen molar-refractivity contribution in [2.75, 3.05) is 50.3 Å². The summed E-state index contributed by atoms with van der Waals surface area (Å²) in [6, 6.07) is 5.04. The Kier molecular flexibility index (Phi) is 18.5. The largest absolute Gasteiger partial charge is 0.493 e. The van der Waals surface area contributed by atoms with Crippen LogP contribution in [0.5, 0.6) is 11.5 Å². The molecule has 0 fully saturated rings. The van der Waals surface area contributed by atoms with Crippen LogP contribution in [-0.4, -0.2) is 67.2 Å². The fourth-order valence-corrected chi connectivity index (χ4v) is 5.60. The summed E-state index contributed by atoms with van der Waals surface area (Å²) < 4.78 is 10.6. The molecule has 0 radical (unpaired) electrons. The number of carbonyl (C=O) groups excluding carboxylic acids is 2. The minimum Gasteiger partial charge on any atom is -0.493 e. The molecule has 0 spiro atoms. The Hall–Kier alpha value is -1.58. The lowest BCUT2D eigenvalue weighted by Gasteiger charge is -2.23. The lowest BCUT2D eigenvalue weighted by atomic mass is 9.91. The molecule has 2 amide bonds. The summed E-state index contributed by atoms with van der Waals surface area (Å²) in [5.41, 5.74) is 0.503. The maximum atomic E-state index is 13.1. The van der Waals surface area contributed by atoms with Crippen molar-refractivity contribution < 1.29 is 24.2 Å². The number of hydrogen-bond acceptors (Lipinski definition) is 7. The quantitative estimate of drug-likeness (QED) is 0.192. The van der Waals surface area contributed by atoms with Crippen LogP contribution >= 0.6 is 23.5 Å². The van der Waals surface area contributed by atoms with Gasteiger partial charge in [0, 0.05) is 19.5 Å². The molecule has 7 nitrogen and oxygen atoms in total. The van der Waals surface area contributed by atoms with Crippen LogP contribution < -0.4 is 20.1 Å². The zero-order valence-corrected chi connectivity index (χ0v) is 24.1. The standard InChI is InChI=1S/C27H46N2O5S2/c1-5-7-15-35-17-9-13-28-25(30)20-22(27(32)29-14-10-18-36-16-8-6-2)26(31)21-11-12-23(33-3)24(19-21)34-4/h11-12,19,22,26,31H,5-10,13-18,20H2,1-4H3,(H,28,30)(H,29,32)/t22-,26-/m0/s1. The van der Waals surface area contributed by atoms with Crippen LogP contribution in [0.1, 0.15) is 70.5 Å². The number of unbranched alkanes of at least 4 members (excludes halogenated alkanes) is 2. The molecule has 0 aliphatic carbocycles. The lowest BCUT2D eigenvalue weighted by molar-refractivity contribution is -0.134. The highest BCUT2D eigenvalue weighted by molar-refractivity contribution is 7.99. The summed E-state index contributed by atoms with van der Waals surface area (Å²) in [6.45, 7) is 5.43. The van der Waals surface area contributed by atoms with Crippen LogP contribution in [0.4, 0.5) is 0 Å². The van der Waals surface area contributed by atoms with Crippen molar-refractivity contribution in [3.63, 3.8) is 0 Å². The average molecular weight is 543 g/mol. The molecule has 0 saturated carbocycles. The van der Waals surface area contributed by atoms with Gasteiger partial charge >= 0.3 is 0 Å². The number of aliphatic hydroxyl groups excluding tert-OH is 1. The molecule has 0 aromatic heterocycles. The van der Waals surface area contributed by atoms with Gasteiger partial charge in [-0.05, 0) is 66.4 Å². The number of rotatable bonds is 21. The Morgan fingerprint density at radius 1 is 0.861 bits per heavy atom. The van der Waals surface area contributed by atoms with Crippen LogP contribution in [0.2, 0.25) is 0 Å². The minimum atomic E-state index is -1.15. The molecule has 9 heteroatoms. The Morgan fingerprint density at radius 3 is 1.97 bits per heavy atom. The number of thioether (sulfide) groups is 2. The Balaban J connectivity index is 2.73. The number of carbonyl (C=O) groups is 2. The van der Waals surface area contributed by atoms with E-state index in [1.54, 1.807) is 18.2 Å². The second-order valence-corrected chi connectivity index (χ2v) is 11.1. The van der Waals surface area contributed by atoms with Gasteiger partial charge < -0.3 is 25.2 Å². The fourth-order valence-electron chi connectivity index (χ4n) is 3.50. The van der Waals surface area contributed by atoms with E-state index in [1.807, 2.05) is 23.5 Å². The third-order valence-corrected chi connectivity index (χ3v) is 8.02. The number of amides is 2. The third kappa shape index (κ3) is 13.1. The van der Waals surface area contributed by atoms with Crippen LogP contribution in [0.3, 0.4) is 0 Å². The summed E-state index contributed by atoms with van der Waals surface area (Å²) in [5, 5.41) is 17.0. The van der Waals surface area contributed by atoms with Crippen molar-refractivity contribution >= 4 is 35.3 Å². The predicted molar refractivity (Wildman–Crippen MR) is 152 cm³/mol. The molecule has 0 unspecified atom stereocenters. The van der Waals surface area contributed by atoms with E-state index in [9.17, 15) is 14.7 Å². The molecule has 1 aromatic rings. The Morgan fingerprint density at radius 2 is 1.42 bits per heavy atom. The van der Waals surface area contributed by atoms with Gasteiger partial charge in [0.05, 0.1) is 26.2 Å². The monoisotopic (exact) mass is 542 g/mol. The molecule has 2 atom stereocenters. The van der Waals surface area contributed by atoms with Crippen molar-refractivity contribution in [2.45, 2.75) is 64.9 Å². The van der Waals surface area contributed by atoms with E-state index < -0.39 is 12.0 Å². The molecule has 1 rings (SSSR count). The summed E-state index contributed by atoms with van der Waals surface area (Å²) in [6.07, 6.45) is 5.26. The SMILES string of the molecule is CCCCSCCCNC(=O)C[C@H](C(=O)NCCCSCCCC)[C@@H](O)c1ccc(OC)c(OC)c1. The normalized spacial score (nSPS) is 12.6. The Bertz CT molecular complexity index is 751. The number of ether oxygens (including phenoxy) is 2. The van der Waals surface area contributed by atoms with Gasteiger partial charge in [-0.25, -0.2) is 0 Å². The van der Waals surface area contributed by atoms with Gasteiger partial charge in [-0.15, -0.1) is 0 Å². The number of nitrogens with one attached hydrogen (secondary N) is 2. The highest BCUT2D eigenvalue weighted by atomic mass is 32.2. The molecule has 0 bridgehead atoms. The lowest BCUT2D eigenvalue weighted by Crippen LogP contribution is -2.38. The van der Waals surface area contributed by atoms with Crippen molar-refractivity contribution in [2.24, 2.45) is 5.92 Å². The first-order valence-corrected chi connectivity index (χ1v) is 15.4. The van der Waals surface area contributed by atoms with Crippen LogP contribution in [0, 0.1) is 5.92 Å². The van der Waals surface area contributed by atoms with E-state index in [4.69, 9.17) is 9.47 Å².